The fraction of sp³-hybridized carbons (Fsp3) is 0.500. The highest BCUT2D eigenvalue weighted by molar-refractivity contribution is 5.37. The lowest BCUT2D eigenvalue weighted by Gasteiger charge is -2.32. The summed E-state index contributed by atoms with van der Waals surface area (Å²) in [6.07, 6.45) is 5.28. The van der Waals surface area contributed by atoms with Gasteiger partial charge < -0.3 is 9.84 Å². The fourth-order valence-electron chi connectivity index (χ4n) is 2.67. The molecule has 0 bridgehead atoms. The molecule has 0 aromatic heterocycles. The van der Waals surface area contributed by atoms with E-state index in [9.17, 15) is 5.11 Å². The van der Waals surface area contributed by atoms with Gasteiger partial charge >= 0.3 is 0 Å². The molecule has 1 heterocycles. The Morgan fingerprint density at radius 3 is 3.06 bits per heavy atom. The van der Waals surface area contributed by atoms with Crippen molar-refractivity contribution in [2.45, 2.75) is 44.1 Å². The van der Waals surface area contributed by atoms with Gasteiger partial charge in [-0.2, -0.15) is 0 Å². The number of hydrogen-bond acceptors (Lipinski definition) is 2. The van der Waals surface area contributed by atoms with Gasteiger partial charge in [-0.05, 0) is 50.2 Å². The van der Waals surface area contributed by atoms with Gasteiger partial charge in [0.1, 0.15) is 5.75 Å². The maximum absolute atomic E-state index is 10.4. The van der Waals surface area contributed by atoms with Gasteiger partial charge in [0.15, 0.2) is 0 Å². The minimum atomic E-state index is -0.622. The number of fused-ring (bicyclic) bond motifs is 1. The van der Waals surface area contributed by atoms with Crippen LogP contribution in [0.25, 0.3) is 0 Å². The molecule has 98 valence electrons. The minimum absolute atomic E-state index is 0.398. The van der Waals surface area contributed by atoms with Crippen molar-refractivity contribution in [3.05, 3.63) is 42.5 Å². The zero-order valence-electron chi connectivity index (χ0n) is 11.1. The first kappa shape index (κ1) is 13.2. The van der Waals surface area contributed by atoms with E-state index in [0.717, 1.165) is 38.0 Å². The lowest BCUT2D eigenvalue weighted by Crippen LogP contribution is -2.28. The summed E-state index contributed by atoms with van der Waals surface area (Å²) in [5, 5.41) is 10.4. The van der Waals surface area contributed by atoms with Crippen molar-refractivity contribution in [1.29, 1.82) is 0 Å². The molecule has 0 amide bonds. The van der Waals surface area contributed by atoms with Gasteiger partial charge in [-0.15, -0.1) is 6.58 Å². The summed E-state index contributed by atoms with van der Waals surface area (Å²) >= 11 is 0. The smallest absolute Gasteiger partial charge is 0.122 e. The van der Waals surface area contributed by atoms with E-state index in [2.05, 4.69) is 12.6 Å². The summed E-state index contributed by atoms with van der Waals surface area (Å²) in [6.45, 7) is 6.39. The van der Waals surface area contributed by atoms with E-state index in [1.54, 1.807) is 0 Å². The van der Waals surface area contributed by atoms with Crippen molar-refractivity contribution >= 4 is 0 Å². The van der Waals surface area contributed by atoms with E-state index < -0.39 is 5.60 Å². The van der Waals surface area contributed by atoms with Crippen LogP contribution in [0.2, 0.25) is 0 Å². The molecule has 0 fully saturated rings. The number of allylic oxidation sites excluding steroid dienone is 1. The first-order valence-electron chi connectivity index (χ1n) is 6.67. The van der Waals surface area contributed by atoms with Crippen LogP contribution in [0.3, 0.4) is 0 Å². The van der Waals surface area contributed by atoms with Crippen molar-refractivity contribution in [2.75, 3.05) is 6.61 Å². The van der Waals surface area contributed by atoms with Crippen LogP contribution in [-0.2, 0) is 0 Å². The van der Waals surface area contributed by atoms with Crippen LogP contribution in [0.4, 0.5) is 0 Å². The average Bonchev–Trinajstić information content (AvgIpc) is 2.37. The molecular weight excluding hydrogens is 224 g/mol. The average molecular weight is 246 g/mol. The minimum Gasteiger partial charge on any atom is -0.493 e. The number of benzene rings is 1. The Hall–Kier alpha value is -1.28. The number of aliphatic hydroxyl groups is 1. The monoisotopic (exact) mass is 246 g/mol. The first-order chi connectivity index (χ1) is 8.62. The maximum atomic E-state index is 10.4. The molecule has 1 aromatic rings. The normalized spacial score (nSPS) is 21.6. The summed E-state index contributed by atoms with van der Waals surface area (Å²) in [5.74, 6) is 1.38. The van der Waals surface area contributed by atoms with Crippen molar-refractivity contribution in [3.63, 3.8) is 0 Å². The summed E-state index contributed by atoms with van der Waals surface area (Å²) in [4.78, 5) is 0. The van der Waals surface area contributed by atoms with Crippen molar-refractivity contribution in [2.24, 2.45) is 0 Å². The van der Waals surface area contributed by atoms with Crippen molar-refractivity contribution in [1.82, 2.24) is 0 Å². The molecular formula is C16H22O2. The molecule has 1 aliphatic heterocycles. The lowest BCUT2D eigenvalue weighted by atomic mass is 9.81. The molecule has 18 heavy (non-hydrogen) atoms. The van der Waals surface area contributed by atoms with Gasteiger partial charge in [-0.3, -0.25) is 0 Å². The predicted octanol–water partition coefficient (Wildman–Crippen LogP) is 3.66. The van der Waals surface area contributed by atoms with Gasteiger partial charge in [0.25, 0.3) is 0 Å². The van der Waals surface area contributed by atoms with Crippen molar-refractivity contribution < 1.29 is 9.84 Å². The third-order valence-electron chi connectivity index (χ3n) is 3.66. The SMILES string of the molecule is C=CCCC(C)(O)CC1CCOc2ccccc21. The highest BCUT2D eigenvalue weighted by Gasteiger charge is 2.29. The second-order valence-corrected chi connectivity index (χ2v) is 5.40. The molecule has 0 radical (unpaired) electrons. The molecule has 2 rings (SSSR count). The second kappa shape index (κ2) is 5.57. The van der Waals surface area contributed by atoms with E-state index in [-0.39, 0.29) is 0 Å². The Kier molecular flexibility index (Phi) is 4.07. The van der Waals surface area contributed by atoms with Gasteiger partial charge in [0.2, 0.25) is 0 Å². The molecule has 1 N–H and O–H groups in total. The third kappa shape index (κ3) is 3.14. The molecule has 2 unspecified atom stereocenters. The van der Waals surface area contributed by atoms with E-state index in [1.807, 2.05) is 31.2 Å². The molecule has 2 nitrogen and oxygen atoms in total. The fourth-order valence-corrected chi connectivity index (χ4v) is 2.67. The Labute approximate surface area is 109 Å². The largest absolute Gasteiger partial charge is 0.493 e. The van der Waals surface area contributed by atoms with Gasteiger partial charge in [0, 0.05) is 0 Å². The molecule has 0 aliphatic carbocycles. The number of ether oxygens (including phenoxy) is 1. The van der Waals surface area contributed by atoms with Gasteiger partial charge in [-0.25, -0.2) is 0 Å². The molecule has 1 aromatic carbocycles. The topological polar surface area (TPSA) is 29.5 Å². The van der Waals surface area contributed by atoms with Crippen LogP contribution in [0.15, 0.2) is 36.9 Å². The Balaban J connectivity index is 2.09. The zero-order chi connectivity index (χ0) is 13.0. The van der Waals surface area contributed by atoms with E-state index in [4.69, 9.17) is 4.74 Å². The Morgan fingerprint density at radius 2 is 2.28 bits per heavy atom. The summed E-state index contributed by atoms with van der Waals surface area (Å²) in [7, 11) is 0. The number of para-hydroxylation sites is 1. The maximum Gasteiger partial charge on any atom is 0.122 e. The quantitative estimate of drug-likeness (QED) is 0.803. The van der Waals surface area contributed by atoms with Crippen LogP contribution < -0.4 is 4.74 Å². The standard InChI is InChI=1S/C16H22O2/c1-3-4-10-16(2,17)12-13-9-11-18-15-8-6-5-7-14(13)15/h3,5-8,13,17H,1,4,9-12H2,2H3. The molecule has 1 aliphatic rings. The van der Waals surface area contributed by atoms with E-state index in [0.29, 0.717) is 5.92 Å². The number of hydrogen-bond donors (Lipinski definition) is 1. The highest BCUT2D eigenvalue weighted by Crippen LogP contribution is 2.39. The van der Waals surface area contributed by atoms with E-state index in [1.165, 1.54) is 5.56 Å². The summed E-state index contributed by atoms with van der Waals surface area (Å²) in [5.41, 5.74) is 0.617. The summed E-state index contributed by atoms with van der Waals surface area (Å²) in [6, 6.07) is 8.17. The molecule has 0 saturated carbocycles. The summed E-state index contributed by atoms with van der Waals surface area (Å²) < 4.78 is 5.65. The molecule has 0 saturated heterocycles. The van der Waals surface area contributed by atoms with Gasteiger partial charge in [0.05, 0.1) is 12.2 Å². The number of rotatable bonds is 5. The van der Waals surface area contributed by atoms with Crippen molar-refractivity contribution in [3.8, 4) is 5.75 Å². The van der Waals surface area contributed by atoms with Gasteiger partial charge in [-0.1, -0.05) is 24.3 Å². The Morgan fingerprint density at radius 1 is 1.50 bits per heavy atom. The zero-order valence-corrected chi connectivity index (χ0v) is 11.1. The molecule has 2 heteroatoms. The van der Waals surface area contributed by atoms with Crippen LogP contribution in [-0.4, -0.2) is 17.3 Å². The third-order valence-corrected chi connectivity index (χ3v) is 3.66. The predicted molar refractivity (Wildman–Crippen MR) is 74.0 cm³/mol. The van der Waals surface area contributed by atoms with Crippen LogP contribution in [0.5, 0.6) is 5.75 Å². The Bertz CT molecular complexity index is 409. The van der Waals surface area contributed by atoms with Crippen LogP contribution in [0, 0.1) is 0 Å². The van der Waals surface area contributed by atoms with Crippen LogP contribution in [0.1, 0.15) is 44.1 Å². The molecule has 2 atom stereocenters. The lowest BCUT2D eigenvalue weighted by molar-refractivity contribution is 0.0313. The van der Waals surface area contributed by atoms with E-state index >= 15 is 0 Å². The van der Waals surface area contributed by atoms with Crippen LogP contribution >= 0.6 is 0 Å². The first-order valence-corrected chi connectivity index (χ1v) is 6.67. The highest BCUT2D eigenvalue weighted by atomic mass is 16.5. The second-order valence-electron chi connectivity index (χ2n) is 5.40. The molecule has 0 spiro atoms.